The van der Waals surface area contributed by atoms with Crippen LogP contribution in [-0.4, -0.2) is 24.0 Å². The maximum Gasteiger partial charge on any atom is 0.336 e. The van der Waals surface area contributed by atoms with E-state index in [1.54, 1.807) is 25.1 Å². The van der Waals surface area contributed by atoms with Crippen LogP contribution in [0.25, 0.3) is 11.1 Å². The van der Waals surface area contributed by atoms with Crippen molar-refractivity contribution in [3.63, 3.8) is 0 Å². The highest BCUT2D eigenvalue weighted by atomic mass is 79.9. The summed E-state index contributed by atoms with van der Waals surface area (Å²) in [7, 11) is 1.29. The molecule has 0 spiro atoms. The summed E-state index contributed by atoms with van der Waals surface area (Å²) < 4.78 is 5.50. The molecule has 0 fully saturated rings. The van der Waals surface area contributed by atoms with Crippen LogP contribution in [0, 0.1) is 0 Å². The zero-order valence-electron chi connectivity index (χ0n) is 15.5. The molecule has 1 N–H and O–H groups in total. The molecule has 3 rings (SSSR count). The van der Waals surface area contributed by atoms with E-state index in [0.29, 0.717) is 10.2 Å². The number of nitrogens with zero attached hydrogens (tertiary/aromatic N) is 1. The van der Waals surface area contributed by atoms with Crippen molar-refractivity contribution in [1.82, 2.24) is 10.3 Å². The van der Waals surface area contributed by atoms with Crippen LogP contribution in [0.2, 0.25) is 0 Å². The van der Waals surface area contributed by atoms with Gasteiger partial charge in [-0.2, -0.15) is 0 Å². The van der Waals surface area contributed by atoms with Crippen LogP contribution >= 0.6 is 15.9 Å². The molecule has 1 heterocycles. The first-order valence-electron chi connectivity index (χ1n) is 8.63. The maximum absolute atomic E-state index is 12.7. The van der Waals surface area contributed by atoms with Gasteiger partial charge in [0.25, 0.3) is 5.91 Å². The molecule has 3 aromatic rings. The third-order valence-electron chi connectivity index (χ3n) is 4.47. The zero-order chi connectivity index (χ0) is 20.1. The standard InChI is InChI=1S/C22H19BrN2O3/c1-22(21(27)28-2,25-20(26)18-9-6-10-19(23)24-18)17-13-11-16(12-14-17)15-7-4-3-5-8-15/h3-14H,1-2H3,(H,25,26)/t22-/m0/s1. The summed E-state index contributed by atoms with van der Waals surface area (Å²) >= 11 is 3.25. The fourth-order valence-corrected chi connectivity index (χ4v) is 3.24. The Bertz CT molecular complexity index is 990. The van der Waals surface area contributed by atoms with E-state index in [-0.39, 0.29) is 5.69 Å². The number of carbonyl (C=O) groups excluding carboxylic acids is 2. The molecule has 0 aliphatic rings. The molecule has 1 atom stereocenters. The van der Waals surface area contributed by atoms with Crippen molar-refractivity contribution < 1.29 is 14.3 Å². The third kappa shape index (κ3) is 4.12. The normalized spacial score (nSPS) is 12.7. The Labute approximate surface area is 171 Å². The summed E-state index contributed by atoms with van der Waals surface area (Å²) in [5, 5.41) is 2.77. The number of rotatable bonds is 5. The van der Waals surface area contributed by atoms with E-state index in [1.165, 1.54) is 7.11 Å². The molecule has 0 aliphatic carbocycles. The fourth-order valence-electron chi connectivity index (χ4n) is 2.90. The van der Waals surface area contributed by atoms with Crippen molar-refractivity contribution in [2.45, 2.75) is 12.5 Å². The second-order valence-electron chi connectivity index (χ2n) is 6.36. The molecular weight excluding hydrogens is 420 g/mol. The number of halogens is 1. The molecular formula is C22H19BrN2O3. The van der Waals surface area contributed by atoms with Crippen molar-refractivity contribution in [3.8, 4) is 11.1 Å². The molecule has 5 nitrogen and oxygen atoms in total. The van der Waals surface area contributed by atoms with Crippen LogP contribution in [-0.2, 0) is 15.1 Å². The van der Waals surface area contributed by atoms with Crippen LogP contribution < -0.4 is 5.32 Å². The number of pyridine rings is 1. The number of hydrogen-bond donors (Lipinski definition) is 1. The molecule has 2 aromatic carbocycles. The average Bonchev–Trinajstić information content (AvgIpc) is 2.73. The Hall–Kier alpha value is -2.99. The van der Waals surface area contributed by atoms with E-state index in [0.717, 1.165) is 11.1 Å². The molecule has 1 amide bonds. The molecule has 0 saturated carbocycles. The van der Waals surface area contributed by atoms with E-state index >= 15 is 0 Å². The van der Waals surface area contributed by atoms with Gasteiger partial charge in [-0.1, -0.05) is 60.7 Å². The molecule has 142 valence electrons. The minimum atomic E-state index is -1.36. The predicted octanol–water partition coefficient (Wildman–Crippen LogP) is 4.33. The molecule has 0 saturated heterocycles. The lowest BCUT2D eigenvalue weighted by molar-refractivity contribution is -0.148. The summed E-state index contributed by atoms with van der Waals surface area (Å²) in [6, 6.07) is 22.4. The van der Waals surface area contributed by atoms with Crippen molar-refractivity contribution in [3.05, 3.63) is 88.7 Å². The van der Waals surface area contributed by atoms with Crippen LogP contribution in [0.4, 0.5) is 0 Å². The Morgan fingerprint density at radius 3 is 2.18 bits per heavy atom. The molecule has 28 heavy (non-hydrogen) atoms. The number of esters is 1. The van der Waals surface area contributed by atoms with E-state index < -0.39 is 17.4 Å². The summed E-state index contributed by atoms with van der Waals surface area (Å²) in [4.78, 5) is 29.4. The van der Waals surface area contributed by atoms with Gasteiger partial charge < -0.3 is 10.1 Å². The van der Waals surface area contributed by atoms with Gasteiger partial charge in [-0.05, 0) is 51.7 Å². The van der Waals surface area contributed by atoms with E-state index in [2.05, 4.69) is 26.2 Å². The lowest BCUT2D eigenvalue weighted by Crippen LogP contribution is -2.50. The highest BCUT2D eigenvalue weighted by Crippen LogP contribution is 2.27. The van der Waals surface area contributed by atoms with Gasteiger partial charge in [-0.15, -0.1) is 0 Å². The van der Waals surface area contributed by atoms with Gasteiger partial charge in [-0.3, -0.25) is 4.79 Å². The van der Waals surface area contributed by atoms with Gasteiger partial charge in [0.05, 0.1) is 7.11 Å². The number of amides is 1. The summed E-state index contributed by atoms with van der Waals surface area (Å²) in [6.45, 7) is 1.62. The van der Waals surface area contributed by atoms with E-state index in [4.69, 9.17) is 4.74 Å². The van der Waals surface area contributed by atoms with Gasteiger partial charge in [-0.25, -0.2) is 9.78 Å². The second kappa shape index (κ2) is 8.35. The van der Waals surface area contributed by atoms with Crippen molar-refractivity contribution >= 4 is 27.8 Å². The molecule has 0 aliphatic heterocycles. The maximum atomic E-state index is 12.7. The minimum absolute atomic E-state index is 0.199. The van der Waals surface area contributed by atoms with Gasteiger partial charge >= 0.3 is 5.97 Å². The summed E-state index contributed by atoms with van der Waals surface area (Å²) in [5.41, 5.74) is 1.53. The second-order valence-corrected chi connectivity index (χ2v) is 7.17. The van der Waals surface area contributed by atoms with E-state index in [9.17, 15) is 9.59 Å². The number of benzene rings is 2. The minimum Gasteiger partial charge on any atom is -0.467 e. The average molecular weight is 439 g/mol. The van der Waals surface area contributed by atoms with Crippen molar-refractivity contribution in [2.75, 3.05) is 7.11 Å². The van der Waals surface area contributed by atoms with Crippen LogP contribution in [0.1, 0.15) is 23.0 Å². The van der Waals surface area contributed by atoms with Crippen molar-refractivity contribution in [2.24, 2.45) is 0 Å². The summed E-state index contributed by atoms with van der Waals surface area (Å²) in [6.07, 6.45) is 0. The first kappa shape index (κ1) is 19.8. The smallest absolute Gasteiger partial charge is 0.336 e. The number of carbonyl (C=O) groups is 2. The Balaban J connectivity index is 1.93. The van der Waals surface area contributed by atoms with Crippen molar-refractivity contribution in [1.29, 1.82) is 0 Å². The van der Waals surface area contributed by atoms with Crippen LogP contribution in [0.3, 0.4) is 0 Å². The lowest BCUT2D eigenvalue weighted by Gasteiger charge is -2.28. The Morgan fingerprint density at radius 1 is 0.929 bits per heavy atom. The molecule has 1 aromatic heterocycles. The zero-order valence-corrected chi connectivity index (χ0v) is 17.1. The molecule has 6 heteroatoms. The van der Waals surface area contributed by atoms with Gasteiger partial charge in [0.1, 0.15) is 10.3 Å². The molecule has 0 radical (unpaired) electrons. The largest absolute Gasteiger partial charge is 0.467 e. The molecule has 0 bridgehead atoms. The van der Waals surface area contributed by atoms with Gasteiger partial charge in [0.2, 0.25) is 0 Å². The first-order chi connectivity index (χ1) is 13.4. The Kier molecular flexibility index (Phi) is 5.90. The first-order valence-corrected chi connectivity index (χ1v) is 9.43. The predicted molar refractivity (Wildman–Crippen MR) is 111 cm³/mol. The number of nitrogens with one attached hydrogen (secondary N) is 1. The molecule has 0 unspecified atom stereocenters. The number of aromatic nitrogens is 1. The monoisotopic (exact) mass is 438 g/mol. The van der Waals surface area contributed by atoms with Crippen LogP contribution in [0.5, 0.6) is 0 Å². The topological polar surface area (TPSA) is 68.3 Å². The summed E-state index contributed by atoms with van der Waals surface area (Å²) in [5.74, 6) is -1.04. The highest BCUT2D eigenvalue weighted by molar-refractivity contribution is 9.10. The number of ether oxygens (including phenoxy) is 1. The Morgan fingerprint density at radius 2 is 1.57 bits per heavy atom. The third-order valence-corrected chi connectivity index (χ3v) is 4.92. The number of methoxy groups -OCH3 is 1. The highest BCUT2D eigenvalue weighted by Gasteiger charge is 2.38. The van der Waals surface area contributed by atoms with Gasteiger partial charge in [0, 0.05) is 0 Å². The SMILES string of the molecule is COC(=O)[C@@](C)(NC(=O)c1cccc(Br)n1)c1ccc(-c2ccccc2)cc1. The van der Waals surface area contributed by atoms with Gasteiger partial charge in [0.15, 0.2) is 5.54 Å². The number of hydrogen-bond acceptors (Lipinski definition) is 4. The van der Waals surface area contributed by atoms with Crippen LogP contribution in [0.15, 0.2) is 77.4 Å². The fraction of sp³-hybridized carbons (Fsp3) is 0.136. The lowest BCUT2D eigenvalue weighted by atomic mass is 9.90. The van der Waals surface area contributed by atoms with E-state index in [1.807, 2.05) is 54.6 Å². The quantitative estimate of drug-likeness (QED) is 0.475.